The Morgan fingerprint density at radius 2 is 1.70 bits per heavy atom. The fourth-order valence-corrected chi connectivity index (χ4v) is 1.93. The second-order valence-corrected chi connectivity index (χ2v) is 4.89. The normalized spacial score (nSPS) is 10.1. The van der Waals surface area contributed by atoms with Crippen LogP contribution in [0.15, 0.2) is 24.3 Å². The second-order valence-electron chi connectivity index (χ2n) is 4.89. The third-order valence-electron chi connectivity index (χ3n) is 3.07. The molecule has 4 heteroatoms. The molecule has 4 nitrogen and oxygen atoms in total. The summed E-state index contributed by atoms with van der Waals surface area (Å²) in [4.78, 5) is 26.6. The van der Waals surface area contributed by atoms with E-state index in [0.29, 0.717) is 5.56 Å². The van der Waals surface area contributed by atoms with Crippen LogP contribution in [0.4, 0.5) is 0 Å². The molecule has 0 atom stereocenters. The summed E-state index contributed by atoms with van der Waals surface area (Å²) >= 11 is 0. The molecule has 0 aromatic heterocycles. The van der Waals surface area contributed by atoms with E-state index in [1.54, 1.807) is 12.1 Å². The monoisotopic (exact) mass is 277 g/mol. The molecule has 0 aliphatic carbocycles. The summed E-state index contributed by atoms with van der Waals surface area (Å²) in [6.07, 6.45) is 7.32. The number of nitrogens with one attached hydrogen (secondary N) is 1. The molecule has 0 spiro atoms. The topological polar surface area (TPSA) is 55.4 Å². The van der Waals surface area contributed by atoms with Gasteiger partial charge in [-0.25, -0.2) is 0 Å². The zero-order chi connectivity index (χ0) is 14.8. The lowest BCUT2D eigenvalue weighted by Gasteiger charge is -2.05. The highest BCUT2D eigenvalue weighted by atomic mass is 16.7. The number of rotatable bonds is 7. The van der Waals surface area contributed by atoms with Gasteiger partial charge in [0.05, 0.1) is 0 Å². The van der Waals surface area contributed by atoms with Gasteiger partial charge in [-0.2, -0.15) is 5.48 Å². The highest BCUT2D eigenvalue weighted by Gasteiger charge is 2.06. The van der Waals surface area contributed by atoms with Gasteiger partial charge in [0.25, 0.3) is 5.91 Å². The molecule has 1 rings (SSSR count). The number of hydrogen-bond acceptors (Lipinski definition) is 3. The number of hydroxylamine groups is 1. The summed E-state index contributed by atoms with van der Waals surface area (Å²) in [5, 5.41) is 0. The van der Waals surface area contributed by atoms with E-state index in [0.717, 1.165) is 6.42 Å². The minimum absolute atomic E-state index is 0.408. The van der Waals surface area contributed by atoms with E-state index in [1.165, 1.54) is 44.6 Å². The van der Waals surface area contributed by atoms with Crippen molar-refractivity contribution < 1.29 is 14.4 Å². The van der Waals surface area contributed by atoms with Gasteiger partial charge in [0, 0.05) is 12.5 Å². The van der Waals surface area contributed by atoms with Crippen LogP contribution in [0, 0.1) is 0 Å². The zero-order valence-electron chi connectivity index (χ0n) is 12.3. The summed E-state index contributed by atoms with van der Waals surface area (Å²) < 4.78 is 0. The van der Waals surface area contributed by atoms with Crippen molar-refractivity contribution in [3.8, 4) is 0 Å². The molecule has 110 valence electrons. The van der Waals surface area contributed by atoms with E-state index < -0.39 is 11.9 Å². The van der Waals surface area contributed by atoms with Crippen LogP contribution in [-0.2, 0) is 16.1 Å². The standard InChI is InChI=1S/C16H23NO3/c1-3-4-5-6-7-8-14-9-11-15(12-10-14)16(19)17-20-13(2)18/h9-12H,3-8H2,1-2H3,(H,17,19). The van der Waals surface area contributed by atoms with Gasteiger partial charge >= 0.3 is 5.97 Å². The average Bonchev–Trinajstić information content (AvgIpc) is 2.45. The number of hydrogen-bond donors (Lipinski definition) is 1. The van der Waals surface area contributed by atoms with Crippen LogP contribution < -0.4 is 5.48 Å². The number of carbonyl (C=O) groups is 2. The molecular weight excluding hydrogens is 254 g/mol. The molecule has 1 aromatic carbocycles. The summed E-state index contributed by atoms with van der Waals surface area (Å²) in [6.45, 7) is 3.45. The van der Waals surface area contributed by atoms with Crippen molar-refractivity contribution in [2.45, 2.75) is 52.4 Å². The quantitative estimate of drug-likeness (QED) is 0.614. The van der Waals surface area contributed by atoms with Crippen LogP contribution >= 0.6 is 0 Å². The summed E-state index contributed by atoms with van der Waals surface area (Å²) in [6, 6.07) is 7.39. The number of carbonyl (C=O) groups excluding carboxylic acids is 2. The van der Waals surface area contributed by atoms with Gasteiger partial charge in [0.15, 0.2) is 0 Å². The number of benzene rings is 1. The average molecular weight is 277 g/mol. The van der Waals surface area contributed by atoms with E-state index >= 15 is 0 Å². The Balaban J connectivity index is 2.36. The van der Waals surface area contributed by atoms with Gasteiger partial charge in [-0.15, -0.1) is 0 Å². The maximum atomic E-state index is 11.6. The highest BCUT2D eigenvalue weighted by Crippen LogP contribution is 2.10. The lowest BCUT2D eigenvalue weighted by Crippen LogP contribution is -2.25. The minimum Gasteiger partial charge on any atom is -0.341 e. The predicted octanol–water partition coefficient (Wildman–Crippen LogP) is 3.41. The van der Waals surface area contributed by atoms with Crippen molar-refractivity contribution in [3.05, 3.63) is 35.4 Å². The van der Waals surface area contributed by atoms with Gasteiger partial charge in [-0.3, -0.25) is 9.59 Å². The summed E-state index contributed by atoms with van der Waals surface area (Å²) in [5.74, 6) is -0.947. The Kier molecular flexibility index (Phi) is 7.40. The molecule has 0 aliphatic heterocycles. The summed E-state index contributed by atoms with van der Waals surface area (Å²) in [5.41, 5.74) is 3.81. The molecule has 0 radical (unpaired) electrons. The van der Waals surface area contributed by atoms with E-state index in [-0.39, 0.29) is 0 Å². The highest BCUT2D eigenvalue weighted by molar-refractivity contribution is 5.94. The van der Waals surface area contributed by atoms with Crippen LogP contribution in [-0.4, -0.2) is 11.9 Å². The maximum Gasteiger partial charge on any atom is 0.329 e. The minimum atomic E-state index is -0.540. The lowest BCUT2D eigenvalue weighted by molar-refractivity contribution is -0.146. The molecule has 0 unspecified atom stereocenters. The molecule has 20 heavy (non-hydrogen) atoms. The zero-order valence-corrected chi connectivity index (χ0v) is 12.3. The fraction of sp³-hybridized carbons (Fsp3) is 0.500. The Morgan fingerprint density at radius 1 is 1.05 bits per heavy atom. The van der Waals surface area contributed by atoms with Crippen molar-refractivity contribution in [3.63, 3.8) is 0 Å². The number of amides is 1. The van der Waals surface area contributed by atoms with E-state index in [1.807, 2.05) is 12.1 Å². The first-order chi connectivity index (χ1) is 9.63. The molecular formula is C16H23NO3. The van der Waals surface area contributed by atoms with Gasteiger partial charge in [-0.05, 0) is 30.5 Å². The van der Waals surface area contributed by atoms with Gasteiger partial charge in [-0.1, -0.05) is 44.7 Å². The van der Waals surface area contributed by atoms with Crippen molar-refractivity contribution in [1.82, 2.24) is 5.48 Å². The van der Waals surface area contributed by atoms with Crippen LogP contribution in [0.1, 0.15) is 61.9 Å². The first kappa shape index (κ1) is 16.2. The molecule has 0 fully saturated rings. The van der Waals surface area contributed by atoms with Crippen LogP contribution in [0.5, 0.6) is 0 Å². The summed E-state index contributed by atoms with van der Waals surface area (Å²) in [7, 11) is 0. The Labute approximate surface area is 120 Å². The van der Waals surface area contributed by atoms with Crippen LogP contribution in [0.3, 0.4) is 0 Å². The Hall–Kier alpha value is -1.84. The third kappa shape index (κ3) is 6.36. The van der Waals surface area contributed by atoms with Crippen molar-refractivity contribution >= 4 is 11.9 Å². The molecule has 0 saturated carbocycles. The van der Waals surface area contributed by atoms with Gasteiger partial charge < -0.3 is 4.84 Å². The molecule has 0 saturated heterocycles. The Bertz CT molecular complexity index is 426. The van der Waals surface area contributed by atoms with Crippen molar-refractivity contribution in [1.29, 1.82) is 0 Å². The Morgan fingerprint density at radius 3 is 2.30 bits per heavy atom. The van der Waals surface area contributed by atoms with Crippen molar-refractivity contribution in [2.75, 3.05) is 0 Å². The molecule has 0 bridgehead atoms. The number of aryl methyl sites for hydroxylation is 1. The smallest absolute Gasteiger partial charge is 0.329 e. The first-order valence-electron chi connectivity index (χ1n) is 7.20. The number of unbranched alkanes of at least 4 members (excludes halogenated alkanes) is 4. The van der Waals surface area contributed by atoms with Crippen LogP contribution in [0.25, 0.3) is 0 Å². The van der Waals surface area contributed by atoms with E-state index in [2.05, 4.69) is 17.2 Å². The molecule has 1 aromatic rings. The maximum absolute atomic E-state index is 11.6. The second kappa shape index (κ2) is 9.13. The van der Waals surface area contributed by atoms with Gasteiger partial charge in [0.1, 0.15) is 0 Å². The third-order valence-corrected chi connectivity index (χ3v) is 3.07. The first-order valence-corrected chi connectivity index (χ1v) is 7.20. The fourth-order valence-electron chi connectivity index (χ4n) is 1.93. The van der Waals surface area contributed by atoms with Gasteiger partial charge in [0.2, 0.25) is 0 Å². The SMILES string of the molecule is CCCCCCCc1ccc(C(=O)NOC(C)=O)cc1. The predicted molar refractivity (Wildman–Crippen MR) is 78.1 cm³/mol. The van der Waals surface area contributed by atoms with E-state index in [4.69, 9.17) is 0 Å². The van der Waals surface area contributed by atoms with E-state index in [9.17, 15) is 9.59 Å². The molecule has 0 aliphatic rings. The molecule has 1 N–H and O–H groups in total. The van der Waals surface area contributed by atoms with Crippen LogP contribution in [0.2, 0.25) is 0 Å². The largest absolute Gasteiger partial charge is 0.341 e. The lowest BCUT2D eigenvalue weighted by atomic mass is 10.0. The molecule has 0 heterocycles. The van der Waals surface area contributed by atoms with Crippen molar-refractivity contribution in [2.24, 2.45) is 0 Å². The molecule has 1 amide bonds.